The zero-order valence-electron chi connectivity index (χ0n) is 13.9. The molecule has 0 spiro atoms. The Balaban J connectivity index is 1.50. The van der Waals surface area contributed by atoms with Crippen molar-refractivity contribution in [3.8, 4) is 0 Å². The van der Waals surface area contributed by atoms with E-state index in [1.807, 2.05) is 30.3 Å². The topological polar surface area (TPSA) is 102 Å². The number of hydrogen-bond acceptors (Lipinski definition) is 6. The molecular weight excluding hydrogens is 324 g/mol. The van der Waals surface area contributed by atoms with Gasteiger partial charge in [-0.3, -0.25) is 4.79 Å². The Labute approximate surface area is 145 Å². The first-order valence-electron chi connectivity index (χ1n) is 8.19. The number of nitrogens with one attached hydrogen (secondary N) is 1. The molecular formula is C18H20N2O5. The fourth-order valence-corrected chi connectivity index (χ4v) is 2.49. The highest BCUT2D eigenvalue weighted by Gasteiger charge is 2.33. The molecule has 1 atom stereocenters. The number of amides is 1. The SMILES string of the molecule is Cc1onc(C2CC2)c1C(=O)NC[C@@H](O)C(=O)OCc1ccccc1. The Morgan fingerprint density at radius 3 is 2.76 bits per heavy atom. The van der Waals surface area contributed by atoms with Gasteiger partial charge in [0.05, 0.1) is 12.2 Å². The van der Waals surface area contributed by atoms with E-state index in [1.165, 1.54) is 0 Å². The summed E-state index contributed by atoms with van der Waals surface area (Å²) in [6.07, 6.45) is 0.540. The lowest BCUT2D eigenvalue weighted by Gasteiger charge is -2.12. The third-order valence-corrected chi connectivity index (χ3v) is 4.03. The number of aryl methyl sites for hydroxylation is 1. The van der Waals surface area contributed by atoms with Crippen molar-refractivity contribution in [2.45, 2.75) is 38.4 Å². The Bertz CT molecular complexity index is 752. The summed E-state index contributed by atoms with van der Waals surface area (Å²) in [6.45, 7) is 1.50. The van der Waals surface area contributed by atoms with Crippen LogP contribution in [0.15, 0.2) is 34.9 Å². The maximum atomic E-state index is 12.3. The van der Waals surface area contributed by atoms with Crippen LogP contribution in [0.1, 0.15) is 46.1 Å². The number of rotatable bonds is 7. The van der Waals surface area contributed by atoms with Gasteiger partial charge in [-0.15, -0.1) is 0 Å². The smallest absolute Gasteiger partial charge is 0.337 e. The summed E-state index contributed by atoms with van der Waals surface area (Å²) in [5.41, 5.74) is 1.87. The number of carbonyl (C=O) groups is 2. The molecule has 0 saturated heterocycles. The van der Waals surface area contributed by atoms with Crippen LogP contribution in [0.5, 0.6) is 0 Å². The van der Waals surface area contributed by atoms with Crippen LogP contribution in [-0.4, -0.2) is 34.8 Å². The first-order chi connectivity index (χ1) is 12.1. The molecule has 0 radical (unpaired) electrons. The zero-order valence-corrected chi connectivity index (χ0v) is 13.9. The van der Waals surface area contributed by atoms with E-state index in [4.69, 9.17) is 9.26 Å². The Morgan fingerprint density at radius 2 is 2.08 bits per heavy atom. The standard InChI is InChI=1S/C18H20N2O5/c1-11-15(16(20-25-11)13-7-8-13)17(22)19-9-14(21)18(23)24-10-12-5-3-2-4-6-12/h2-6,13-14,21H,7-10H2,1H3,(H,19,22)/t14-/m1/s1. The first kappa shape index (κ1) is 17.2. The highest BCUT2D eigenvalue weighted by atomic mass is 16.5. The van der Waals surface area contributed by atoms with Gasteiger partial charge < -0.3 is 19.7 Å². The number of benzene rings is 1. The maximum Gasteiger partial charge on any atom is 0.337 e. The van der Waals surface area contributed by atoms with Crippen molar-refractivity contribution in [3.63, 3.8) is 0 Å². The van der Waals surface area contributed by atoms with Crippen LogP contribution in [0.2, 0.25) is 0 Å². The van der Waals surface area contributed by atoms with Crippen LogP contribution in [-0.2, 0) is 16.1 Å². The number of nitrogens with zero attached hydrogens (tertiary/aromatic N) is 1. The molecule has 132 valence electrons. The fraction of sp³-hybridized carbons (Fsp3) is 0.389. The minimum atomic E-state index is -1.43. The van der Waals surface area contributed by atoms with Gasteiger partial charge in [0.15, 0.2) is 6.10 Å². The van der Waals surface area contributed by atoms with Crippen LogP contribution >= 0.6 is 0 Å². The van der Waals surface area contributed by atoms with Crippen molar-refractivity contribution >= 4 is 11.9 Å². The lowest BCUT2D eigenvalue weighted by Crippen LogP contribution is -2.37. The molecule has 3 rings (SSSR count). The number of aromatic nitrogens is 1. The number of hydrogen-bond donors (Lipinski definition) is 2. The molecule has 1 aliphatic rings. The molecule has 1 aliphatic carbocycles. The second-order valence-corrected chi connectivity index (χ2v) is 6.09. The van der Waals surface area contributed by atoms with Crippen molar-refractivity contribution < 1.29 is 24.0 Å². The first-order valence-corrected chi connectivity index (χ1v) is 8.19. The molecule has 1 fully saturated rings. The highest BCUT2D eigenvalue weighted by molar-refractivity contribution is 5.96. The van der Waals surface area contributed by atoms with E-state index in [2.05, 4.69) is 10.5 Å². The Morgan fingerprint density at radius 1 is 1.36 bits per heavy atom. The van der Waals surface area contributed by atoms with Crippen LogP contribution in [0.3, 0.4) is 0 Å². The van der Waals surface area contributed by atoms with E-state index in [9.17, 15) is 14.7 Å². The molecule has 25 heavy (non-hydrogen) atoms. The molecule has 1 aromatic heterocycles. The van der Waals surface area contributed by atoms with E-state index in [1.54, 1.807) is 6.92 Å². The average molecular weight is 344 g/mol. The normalized spacial score (nSPS) is 14.8. The molecule has 1 saturated carbocycles. The monoisotopic (exact) mass is 344 g/mol. The molecule has 0 bridgehead atoms. The van der Waals surface area contributed by atoms with E-state index in [0.29, 0.717) is 17.0 Å². The van der Waals surface area contributed by atoms with E-state index < -0.39 is 18.0 Å². The molecule has 1 aromatic carbocycles. The lowest BCUT2D eigenvalue weighted by molar-refractivity contribution is -0.154. The summed E-state index contributed by atoms with van der Waals surface area (Å²) < 4.78 is 10.1. The maximum absolute atomic E-state index is 12.3. The van der Waals surface area contributed by atoms with Gasteiger partial charge >= 0.3 is 5.97 Å². The minimum Gasteiger partial charge on any atom is -0.459 e. The van der Waals surface area contributed by atoms with Gasteiger partial charge in [0, 0.05) is 5.92 Å². The second-order valence-electron chi connectivity index (χ2n) is 6.09. The molecule has 1 amide bonds. The third-order valence-electron chi connectivity index (χ3n) is 4.03. The molecule has 2 N–H and O–H groups in total. The quantitative estimate of drug-likeness (QED) is 0.741. The number of aliphatic hydroxyl groups excluding tert-OH is 1. The van der Waals surface area contributed by atoms with Gasteiger partial charge in [-0.25, -0.2) is 4.79 Å². The zero-order chi connectivity index (χ0) is 17.8. The van der Waals surface area contributed by atoms with Crippen LogP contribution < -0.4 is 5.32 Å². The lowest BCUT2D eigenvalue weighted by atomic mass is 10.1. The van der Waals surface area contributed by atoms with Gasteiger partial charge in [0.2, 0.25) is 0 Å². The summed E-state index contributed by atoms with van der Waals surface area (Å²) >= 11 is 0. The Kier molecular flexibility index (Phi) is 5.14. The van der Waals surface area contributed by atoms with Crippen molar-refractivity contribution in [1.29, 1.82) is 0 Å². The van der Waals surface area contributed by atoms with E-state index in [0.717, 1.165) is 18.4 Å². The highest BCUT2D eigenvalue weighted by Crippen LogP contribution is 2.41. The minimum absolute atomic E-state index is 0.0707. The Hall–Kier alpha value is -2.67. The van der Waals surface area contributed by atoms with Crippen molar-refractivity contribution in [3.05, 3.63) is 52.9 Å². The largest absolute Gasteiger partial charge is 0.459 e. The van der Waals surface area contributed by atoms with E-state index in [-0.39, 0.29) is 19.1 Å². The molecule has 1 heterocycles. The third kappa shape index (κ3) is 4.24. The number of esters is 1. The van der Waals surface area contributed by atoms with Crippen LogP contribution in [0.25, 0.3) is 0 Å². The predicted octanol–water partition coefficient (Wildman–Crippen LogP) is 1.69. The molecule has 0 aliphatic heterocycles. The van der Waals surface area contributed by atoms with Gasteiger partial charge in [-0.1, -0.05) is 35.5 Å². The predicted molar refractivity (Wildman–Crippen MR) is 87.8 cm³/mol. The van der Waals surface area contributed by atoms with E-state index >= 15 is 0 Å². The van der Waals surface area contributed by atoms with Crippen molar-refractivity contribution in [2.24, 2.45) is 0 Å². The molecule has 2 aromatic rings. The van der Waals surface area contributed by atoms with Crippen LogP contribution in [0, 0.1) is 6.92 Å². The van der Waals surface area contributed by atoms with Crippen molar-refractivity contribution in [2.75, 3.05) is 6.54 Å². The number of carbonyl (C=O) groups excluding carboxylic acids is 2. The summed E-state index contributed by atoms with van der Waals surface area (Å²) in [7, 11) is 0. The van der Waals surface area contributed by atoms with Crippen LogP contribution in [0.4, 0.5) is 0 Å². The number of ether oxygens (including phenoxy) is 1. The van der Waals surface area contributed by atoms with Crippen molar-refractivity contribution in [1.82, 2.24) is 10.5 Å². The summed E-state index contributed by atoms with van der Waals surface area (Å²) in [5.74, 6) is -0.497. The van der Waals surface area contributed by atoms with Gasteiger partial charge in [-0.2, -0.15) is 0 Å². The molecule has 7 heteroatoms. The summed E-state index contributed by atoms with van der Waals surface area (Å²) in [4.78, 5) is 24.1. The summed E-state index contributed by atoms with van der Waals surface area (Å²) in [5, 5.41) is 16.3. The van der Waals surface area contributed by atoms with Gasteiger partial charge in [-0.05, 0) is 25.3 Å². The van der Waals surface area contributed by atoms with Gasteiger partial charge in [0.25, 0.3) is 5.91 Å². The number of aliphatic hydroxyl groups is 1. The molecule has 0 unspecified atom stereocenters. The molecule has 7 nitrogen and oxygen atoms in total. The average Bonchev–Trinajstić information content (AvgIpc) is 3.40. The second kappa shape index (κ2) is 7.48. The fourth-order valence-electron chi connectivity index (χ4n) is 2.49. The van der Waals surface area contributed by atoms with Gasteiger partial charge in [0.1, 0.15) is 17.9 Å². The summed E-state index contributed by atoms with van der Waals surface area (Å²) in [6, 6.07) is 9.15.